The minimum Gasteiger partial charge on any atom is -0.396 e. The second-order valence-electron chi connectivity index (χ2n) is 3.39. The van der Waals surface area contributed by atoms with Gasteiger partial charge in [-0.15, -0.1) is 0 Å². The third-order valence-corrected chi connectivity index (χ3v) is 2.72. The van der Waals surface area contributed by atoms with Gasteiger partial charge < -0.3 is 10.4 Å². The lowest BCUT2D eigenvalue weighted by molar-refractivity contribution is 0.292. The lowest BCUT2D eigenvalue weighted by Crippen LogP contribution is -2.05. The van der Waals surface area contributed by atoms with Crippen LogP contribution < -0.4 is 5.32 Å². The molecule has 1 aromatic carbocycles. The molecule has 0 radical (unpaired) electrons. The standard InChI is InChI=1S/C11H12BrN3O/c12-8-2-3-10-9(6-8)11(15-7-14-10)13-4-1-5-16/h2-3,6-7,16H,1,4-5H2,(H,13,14,15). The molecule has 0 atom stereocenters. The smallest absolute Gasteiger partial charge is 0.137 e. The van der Waals surface area contributed by atoms with Crippen molar-refractivity contribution in [3.63, 3.8) is 0 Å². The van der Waals surface area contributed by atoms with Gasteiger partial charge in [0.1, 0.15) is 12.1 Å². The van der Waals surface area contributed by atoms with Crippen molar-refractivity contribution in [2.45, 2.75) is 6.42 Å². The number of fused-ring (bicyclic) bond motifs is 1. The van der Waals surface area contributed by atoms with Crippen LogP contribution in [0.15, 0.2) is 29.0 Å². The molecule has 1 heterocycles. The van der Waals surface area contributed by atoms with Gasteiger partial charge >= 0.3 is 0 Å². The maximum atomic E-state index is 8.72. The molecule has 0 amide bonds. The van der Waals surface area contributed by atoms with Crippen LogP contribution in [0.5, 0.6) is 0 Å². The van der Waals surface area contributed by atoms with Crippen LogP contribution in [0.1, 0.15) is 6.42 Å². The van der Waals surface area contributed by atoms with Gasteiger partial charge in [-0.2, -0.15) is 0 Å². The van der Waals surface area contributed by atoms with E-state index in [1.807, 2.05) is 18.2 Å². The van der Waals surface area contributed by atoms with Crippen LogP contribution >= 0.6 is 15.9 Å². The van der Waals surface area contributed by atoms with Gasteiger partial charge in [-0.3, -0.25) is 0 Å². The second-order valence-corrected chi connectivity index (χ2v) is 4.30. The highest BCUT2D eigenvalue weighted by molar-refractivity contribution is 9.10. The first-order chi connectivity index (χ1) is 7.81. The molecule has 1 aromatic heterocycles. The number of anilines is 1. The first-order valence-electron chi connectivity index (χ1n) is 5.06. The normalized spacial score (nSPS) is 10.6. The van der Waals surface area contributed by atoms with E-state index in [0.29, 0.717) is 13.0 Å². The third-order valence-electron chi connectivity index (χ3n) is 2.22. The molecule has 16 heavy (non-hydrogen) atoms. The van der Waals surface area contributed by atoms with Gasteiger partial charge in [-0.25, -0.2) is 9.97 Å². The summed E-state index contributed by atoms with van der Waals surface area (Å²) in [6.45, 7) is 0.884. The van der Waals surface area contributed by atoms with Gasteiger partial charge in [0.2, 0.25) is 0 Å². The van der Waals surface area contributed by atoms with Gasteiger partial charge in [-0.05, 0) is 24.6 Å². The molecule has 0 aliphatic heterocycles. The van der Waals surface area contributed by atoms with Crippen molar-refractivity contribution in [2.75, 3.05) is 18.5 Å². The summed E-state index contributed by atoms with van der Waals surface area (Å²) < 4.78 is 1.00. The van der Waals surface area contributed by atoms with E-state index in [1.165, 1.54) is 6.33 Å². The molecule has 2 rings (SSSR count). The number of nitrogens with zero attached hydrogens (tertiary/aromatic N) is 2. The Labute approximate surface area is 102 Å². The van der Waals surface area contributed by atoms with E-state index < -0.39 is 0 Å². The molecule has 0 saturated carbocycles. The van der Waals surface area contributed by atoms with E-state index >= 15 is 0 Å². The molecular formula is C11H12BrN3O. The zero-order valence-electron chi connectivity index (χ0n) is 8.65. The maximum Gasteiger partial charge on any atom is 0.137 e. The van der Waals surface area contributed by atoms with E-state index in [1.54, 1.807) is 0 Å². The molecule has 5 heteroatoms. The molecule has 0 bridgehead atoms. The Kier molecular flexibility index (Phi) is 3.69. The number of rotatable bonds is 4. The summed E-state index contributed by atoms with van der Waals surface area (Å²) in [5.41, 5.74) is 0.907. The molecule has 0 spiro atoms. The van der Waals surface area contributed by atoms with Crippen LogP contribution in [0.25, 0.3) is 10.9 Å². The number of benzene rings is 1. The van der Waals surface area contributed by atoms with E-state index in [0.717, 1.165) is 21.2 Å². The summed E-state index contributed by atoms with van der Waals surface area (Å²) in [5.74, 6) is 0.805. The first kappa shape index (κ1) is 11.3. The summed E-state index contributed by atoms with van der Waals surface area (Å²) >= 11 is 3.43. The fourth-order valence-corrected chi connectivity index (χ4v) is 1.82. The van der Waals surface area contributed by atoms with E-state index in [4.69, 9.17) is 5.11 Å². The van der Waals surface area contributed by atoms with Crippen molar-refractivity contribution < 1.29 is 5.11 Å². The van der Waals surface area contributed by atoms with Crippen molar-refractivity contribution in [1.29, 1.82) is 0 Å². The molecule has 2 aromatic rings. The zero-order chi connectivity index (χ0) is 11.4. The number of hydrogen-bond donors (Lipinski definition) is 2. The van der Waals surface area contributed by atoms with Gasteiger partial charge in [0.15, 0.2) is 0 Å². The monoisotopic (exact) mass is 281 g/mol. The summed E-state index contributed by atoms with van der Waals surface area (Å²) in [7, 11) is 0. The molecule has 84 valence electrons. The zero-order valence-corrected chi connectivity index (χ0v) is 10.2. The highest BCUT2D eigenvalue weighted by atomic mass is 79.9. The molecule has 0 unspecified atom stereocenters. The van der Waals surface area contributed by atoms with Crippen LogP contribution in [0.3, 0.4) is 0 Å². The lowest BCUT2D eigenvalue weighted by atomic mass is 10.2. The number of halogens is 1. The Bertz CT molecular complexity index is 490. The summed E-state index contributed by atoms with van der Waals surface area (Å²) in [4.78, 5) is 8.39. The molecule has 4 nitrogen and oxygen atoms in total. The minimum absolute atomic E-state index is 0.180. The third kappa shape index (κ3) is 2.48. The average Bonchev–Trinajstić information content (AvgIpc) is 2.30. The quantitative estimate of drug-likeness (QED) is 0.844. The molecule has 0 saturated heterocycles. The Balaban J connectivity index is 2.32. The fraction of sp³-hybridized carbons (Fsp3) is 0.273. The van der Waals surface area contributed by atoms with Crippen molar-refractivity contribution in [2.24, 2.45) is 0 Å². The predicted octanol–water partition coefficient (Wildman–Crippen LogP) is 2.19. The molecule has 0 aliphatic rings. The van der Waals surface area contributed by atoms with Crippen molar-refractivity contribution >= 4 is 32.7 Å². The van der Waals surface area contributed by atoms with Crippen LogP contribution in [0.2, 0.25) is 0 Å². The van der Waals surface area contributed by atoms with E-state index in [9.17, 15) is 0 Å². The van der Waals surface area contributed by atoms with Crippen LogP contribution in [-0.2, 0) is 0 Å². The van der Waals surface area contributed by atoms with Crippen molar-refractivity contribution in [1.82, 2.24) is 9.97 Å². The highest BCUT2D eigenvalue weighted by Crippen LogP contribution is 2.23. The van der Waals surface area contributed by atoms with Crippen LogP contribution in [0.4, 0.5) is 5.82 Å². The summed E-state index contributed by atoms with van der Waals surface area (Å²) in [6.07, 6.45) is 2.25. The Hall–Kier alpha value is -1.20. The summed E-state index contributed by atoms with van der Waals surface area (Å²) in [6, 6.07) is 5.88. The number of hydrogen-bond acceptors (Lipinski definition) is 4. The number of aromatic nitrogens is 2. The number of aliphatic hydroxyl groups excluding tert-OH is 1. The predicted molar refractivity (Wildman–Crippen MR) is 67.4 cm³/mol. The van der Waals surface area contributed by atoms with Crippen LogP contribution in [-0.4, -0.2) is 28.2 Å². The van der Waals surface area contributed by atoms with E-state index in [2.05, 4.69) is 31.2 Å². The first-order valence-corrected chi connectivity index (χ1v) is 5.85. The fourth-order valence-electron chi connectivity index (χ4n) is 1.46. The highest BCUT2D eigenvalue weighted by Gasteiger charge is 2.03. The van der Waals surface area contributed by atoms with Crippen molar-refractivity contribution in [3.8, 4) is 0 Å². The van der Waals surface area contributed by atoms with E-state index in [-0.39, 0.29) is 6.61 Å². The molecule has 2 N–H and O–H groups in total. The number of aliphatic hydroxyl groups is 1. The SMILES string of the molecule is OCCCNc1ncnc2ccc(Br)cc12. The van der Waals surface area contributed by atoms with Gasteiger partial charge in [0.25, 0.3) is 0 Å². The van der Waals surface area contributed by atoms with Crippen LogP contribution in [0, 0.1) is 0 Å². The average molecular weight is 282 g/mol. The largest absolute Gasteiger partial charge is 0.396 e. The number of nitrogens with one attached hydrogen (secondary N) is 1. The Morgan fingerprint density at radius 2 is 2.19 bits per heavy atom. The minimum atomic E-state index is 0.180. The topological polar surface area (TPSA) is 58.0 Å². The van der Waals surface area contributed by atoms with Gasteiger partial charge in [0, 0.05) is 23.0 Å². The van der Waals surface area contributed by atoms with Crippen molar-refractivity contribution in [3.05, 3.63) is 29.0 Å². The Morgan fingerprint density at radius 1 is 1.31 bits per heavy atom. The summed E-state index contributed by atoms with van der Waals surface area (Å²) in [5, 5.41) is 12.9. The molecular weight excluding hydrogens is 270 g/mol. The maximum absolute atomic E-state index is 8.72. The lowest BCUT2D eigenvalue weighted by Gasteiger charge is -2.07. The molecule has 0 aliphatic carbocycles. The Morgan fingerprint density at radius 3 is 3.00 bits per heavy atom. The van der Waals surface area contributed by atoms with Gasteiger partial charge in [0.05, 0.1) is 5.52 Å². The molecule has 0 fully saturated rings. The second kappa shape index (κ2) is 5.23. The van der Waals surface area contributed by atoms with Gasteiger partial charge in [-0.1, -0.05) is 15.9 Å².